The van der Waals surface area contributed by atoms with Gasteiger partial charge in [0.15, 0.2) is 0 Å². The number of carbonyl (C=O) groups excluding carboxylic acids is 2. The summed E-state index contributed by atoms with van der Waals surface area (Å²) < 4.78 is 0. The Morgan fingerprint density at radius 2 is 1.92 bits per heavy atom. The molecule has 0 atom stereocenters. The maximum atomic E-state index is 12.8. The number of urea groups is 1. The van der Waals surface area contributed by atoms with Crippen LogP contribution in [0.5, 0.6) is 0 Å². The van der Waals surface area contributed by atoms with Crippen LogP contribution in [0, 0.1) is 11.8 Å². The van der Waals surface area contributed by atoms with E-state index in [2.05, 4.69) is 22.1 Å². The van der Waals surface area contributed by atoms with Gasteiger partial charge in [0, 0.05) is 50.7 Å². The zero-order valence-corrected chi connectivity index (χ0v) is 15.8. The van der Waals surface area contributed by atoms with Gasteiger partial charge in [0.1, 0.15) is 0 Å². The molecule has 0 radical (unpaired) electrons. The molecule has 1 fully saturated rings. The lowest BCUT2D eigenvalue weighted by atomic mass is 10.2. The highest BCUT2D eigenvalue weighted by atomic mass is 16.2. The van der Waals surface area contributed by atoms with E-state index in [-0.39, 0.29) is 11.9 Å². The number of nitrogens with zero attached hydrogens (tertiary/aromatic N) is 4. The van der Waals surface area contributed by atoms with Crippen molar-refractivity contribution in [2.75, 3.05) is 53.4 Å². The van der Waals surface area contributed by atoms with Crippen molar-refractivity contribution < 1.29 is 9.59 Å². The van der Waals surface area contributed by atoms with Crippen molar-refractivity contribution in [3.05, 3.63) is 29.6 Å². The molecule has 1 saturated heterocycles. The van der Waals surface area contributed by atoms with E-state index in [4.69, 9.17) is 0 Å². The van der Waals surface area contributed by atoms with Gasteiger partial charge < -0.3 is 15.1 Å². The molecule has 2 rings (SSSR count). The maximum Gasteiger partial charge on any atom is 0.317 e. The van der Waals surface area contributed by atoms with Gasteiger partial charge in [0.2, 0.25) is 0 Å². The van der Waals surface area contributed by atoms with Gasteiger partial charge >= 0.3 is 6.03 Å². The van der Waals surface area contributed by atoms with Crippen LogP contribution in [0.1, 0.15) is 29.3 Å². The summed E-state index contributed by atoms with van der Waals surface area (Å²) in [4.78, 5) is 34.4. The first kappa shape index (κ1) is 19.7. The van der Waals surface area contributed by atoms with Gasteiger partial charge in [-0.15, -0.1) is 0 Å². The Morgan fingerprint density at radius 3 is 2.65 bits per heavy atom. The van der Waals surface area contributed by atoms with Crippen LogP contribution in [-0.2, 0) is 0 Å². The van der Waals surface area contributed by atoms with Crippen molar-refractivity contribution >= 4 is 11.9 Å². The quantitative estimate of drug-likeness (QED) is 0.815. The summed E-state index contributed by atoms with van der Waals surface area (Å²) in [6.45, 7) is 5.49. The molecule has 0 aliphatic carbocycles. The van der Waals surface area contributed by atoms with Crippen molar-refractivity contribution in [3.8, 4) is 11.8 Å². The van der Waals surface area contributed by atoms with E-state index in [1.54, 1.807) is 28.3 Å². The number of nitrogens with one attached hydrogen (secondary N) is 1. The summed E-state index contributed by atoms with van der Waals surface area (Å²) in [5.41, 5.74) is 1.27. The predicted molar refractivity (Wildman–Crippen MR) is 101 cm³/mol. The average Bonchev–Trinajstić information content (AvgIpc) is 2.87. The van der Waals surface area contributed by atoms with E-state index in [1.807, 2.05) is 25.9 Å². The van der Waals surface area contributed by atoms with E-state index in [0.29, 0.717) is 44.8 Å². The van der Waals surface area contributed by atoms with E-state index >= 15 is 0 Å². The number of hydrogen-bond donors (Lipinski definition) is 1. The van der Waals surface area contributed by atoms with Crippen LogP contribution in [0.4, 0.5) is 4.79 Å². The molecular weight excluding hydrogens is 330 g/mol. The largest absolute Gasteiger partial charge is 0.338 e. The van der Waals surface area contributed by atoms with Crippen molar-refractivity contribution in [1.29, 1.82) is 0 Å². The lowest BCUT2D eigenvalue weighted by Crippen LogP contribution is -2.42. The van der Waals surface area contributed by atoms with Gasteiger partial charge in [0.25, 0.3) is 5.91 Å². The molecular formula is C19H27N5O2. The highest BCUT2D eigenvalue weighted by molar-refractivity contribution is 5.94. The Morgan fingerprint density at radius 1 is 1.19 bits per heavy atom. The van der Waals surface area contributed by atoms with Crippen LogP contribution in [0.2, 0.25) is 0 Å². The standard InChI is InChI=1S/C19H27N5O2/c1-4-21-19(26)24-10-6-9-23(11-12-24)18(25)17-13-16(14-20-15-17)7-5-8-22(2)3/h13-15H,4,6,8-12H2,1-3H3,(H,21,26). The van der Waals surface area contributed by atoms with Crippen molar-refractivity contribution in [1.82, 2.24) is 25.0 Å². The molecule has 0 aromatic carbocycles. The predicted octanol–water partition coefficient (Wildman–Crippen LogP) is 0.872. The van der Waals surface area contributed by atoms with Gasteiger partial charge in [-0.2, -0.15) is 0 Å². The lowest BCUT2D eigenvalue weighted by molar-refractivity contribution is 0.0762. The molecule has 1 aliphatic heterocycles. The van der Waals surface area contributed by atoms with Crippen molar-refractivity contribution in [2.45, 2.75) is 13.3 Å². The van der Waals surface area contributed by atoms with Crippen molar-refractivity contribution in [2.24, 2.45) is 0 Å². The highest BCUT2D eigenvalue weighted by Gasteiger charge is 2.22. The fourth-order valence-corrected chi connectivity index (χ4v) is 2.69. The zero-order valence-electron chi connectivity index (χ0n) is 15.8. The summed E-state index contributed by atoms with van der Waals surface area (Å²) in [5, 5.41) is 2.81. The van der Waals surface area contributed by atoms with Crippen LogP contribution < -0.4 is 5.32 Å². The topological polar surface area (TPSA) is 68.8 Å². The molecule has 1 aliphatic rings. The summed E-state index contributed by atoms with van der Waals surface area (Å²) in [6.07, 6.45) is 4.00. The minimum atomic E-state index is -0.0679. The van der Waals surface area contributed by atoms with Gasteiger partial charge in [-0.05, 0) is 33.5 Å². The molecule has 1 aromatic heterocycles. The summed E-state index contributed by atoms with van der Waals surface area (Å²) in [7, 11) is 3.91. The molecule has 26 heavy (non-hydrogen) atoms. The first-order valence-corrected chi connectivity index (χ1v) is 8.92. The molecule has 1 aromatic rings. The second-order valence-corrected chi connectivity index (χ2v) is 6.47. The second kappa shape index (κ2) is 9.78. The molecule has 2 heterocycles. The van der Waals surface area contributed by atoms with Crippen LogP contribution in [0.25, 0.3) is 0 Å². The van der Waals surface area contributed by atoms with Crippen LogP contribution >= 0.6 is 0 Å². The molecule has 0 bridgehead atoms. The van der Waals surface area contributed by atoms with Gasteiger partial charge in [-0.25, -0.2) is 4.79 Å². The smallest absolute Gasteiger partial charge is 0.317 e. The monoisotopic (exact) mass is 357 g/mol. The third-order valence-corrected chi connectivity index (χ3v) is 4.01. The molecule has 0 saturated carbocycles. The summed E-state index contributed by atoms with van der Waals surface area (Å²) in [5.74, 6) is 6.02. The summed E-state index contributed by atoms with van der Waals surface area (Å²) >= 11 is 0. The minimum absolute atomic E-state index is 0.0634. The van der Waals surface area contributed by atoms with Gasteiger partial charge in [-0.3, -0.25) is 14.7 Å². The van der Waals surface area contributed by atoms with Crippen LogP contribution in [0.15, 0.2) is 18.5 Å². The number of hydrogen-bond acceptors (Lipinski definition) is 4. The average molecular weight is 357 g/mol. The number of amides is 3. The SMILES string of the molecule is CCNC(=O)N1CCCN(C(=O)c2cncc(C#CCN(C)C)c2)CC1. The highest BCUT2D eigenvalue weighted by Crippen LogP contribution is 2.10. The van der Waals surface area contributed by atoms with Crippen LogP contribution in [0.3, 0.4) is 0 Å². The number of pyridine rings is 1. The Hall–Kier alpha value is -2.59. The van der Waals surface area contributed by atoms with E-state index < -0.39 is 0 Å². The van der Waals surface area contributed by atoms with Gasteiger partial charge in [-0.1, -0.05) is 11.8 Å². The molecule has 7 heteroatoms. The molecule has 0 unspecified atom stereocenters. The summed E-state index contributed by atoms with van der Waals surface area (Å²) in [6, 6.07) is 1.71. The van der Waals surface area contributed by atoms with Crippen LogP contribution in [-0.4, -0.2) is 85.0 Å². The first-order chi connectivity index (χ1) is 12.5. The Bertz CT molecular complexity index is 693. The molecule has 140 valence electrons. The molecule has 3 amide bonds. The number of rotatable bonds is 3. The van der Waals surface area contributed by atoms with E-state index in [9.17, 15) is 9.59 Å². The fourth-order valence-electron chi connectivity index (χ4n) is 2.69. The normalized spacial score (nSPS) is 14.5. The molecule has 0 spiro atoms. The van der Waals surface area contributed by atoms with Crippen molar-refractivity contribution in [3.63, 3.8) is 0 Å². The number of carbonyl (C=O) groups is 2. The first-order valence-electron chi connectivity index (χ1n) is 8.92. The minimum Gasteiger partial charge on any atom is -0.338 e. The van der Waals surface area contributed by atoms with Gasteiger partial charge in [0.05, 0.1) is 12.1 Å². The Balaban J connectivity index is 2.02. The Labute approximate surface area is 155 Å². The van der Waals surface area contributed by atoms with E-state index in [0.717, 1.165) is 12.0 Å². The molecule has 1 N–H and O–H groups in total. The molecule has 7 nitrogen and oxygen atoms in total. The third kappa shape index (κ3) is 5.74. The zero-order chi connectivity index (χ0) is 18.9. The second-order valence-electron chi connectivity index (χ2n) is 6.47. The number of aromatic nitrogens is 1. The maximum absolute atomic E-state index is 12.8. The van der Waals surface area contributed by atoms with E-state index in [1.165, 1.54) is 0 Å². The lowest BCUT2D eigenvalue weighted by Gasteiger charge is -2.22. The fraction of sp³-hybridized carbons (Fsp3) is 0.526. The Kier molecular flexibility index (Phi) is 7.42. The third-order valence-electron chi connectivity index (χ3n) is 4.01.